The van der Waals surface area contributed by atoms with E-state index in [9.17, 15) is 13.9 Å². The molecule has 0 fully saturated rings. The molecule has 0 radical (unpaired) electrons. The van der Waals surface area contributed by atoms with E-state index < -0.39 is 17.7 Å². The number of rotatable bonds is 5. The van der Waals surface area contributed by atoms with Crippen molar-refractivity contribution in [2.24, 2.45) is 0 Å². The predicted molar refractivity (Wildman–Crippen MR) is 74.5 cm³/mol. The average Bonchev–Trinajstić information content (AvgIpc) is 2.77. The molecule has 1 unspecified atom stereocenters. The minimum atomic E-state index is -0.945. The van der Waals surface area contributed by atoms with Crippen molar-refractivity contribution >= 4 is 11.3 Å². The summed E-state index contributed by atoms with van der Waals surface area (Å²) in [6.07, 6.45) is -0.866. The van der Waals surface area contributed by atoms with Crippen LogP contribution in [0.4, 0.5) is 8.78 Å². The molecule has 0 saturated carbocycles. The van der Waals surface area contributed by atoms with Gasteiger partial charge in [-0.25, -0.2) is 13.8 Å². The first-order chi connectivity index (χ1) is 9.45. The maximum Gasteiger partial charge on any atom is 0.159 e. The lowest BCUT2D eigenvalue weighted by atomic mass is 10.1. The number of likely N-dealkylation sites (N-methyl/N-ethyl adjacent to an activating group) is 1. The predicted octanol–water partition coefficient (Wildman–Crippen LogP) is 2.90. The molecule has 0 aliphatic heterocycles. The number of halogens is 2. The first-order valence-corrected chi connectivity index (χ1v) is 7.06. The standard InChI is InChI=1S/C14H16F2N2OS/c1-9-17-11(8-20-9)6-18(2)7-14(19)10-3-4-12(15)13(16)5-10/h3-5,8,14,19H,6-7H2,1-2H3. The van der Waals surface area contributed by atoms with Gasteiger partial charge in [-0.15, -0.1) is 11.3 Å². The maximum atomic E-state index is 13.1. The topological polar surface area (TPSA) is 36.4 Å². The van der Waals surface area contributed by atoms with Crippen molar-refractivity contribution < 1.29 is 13.9 Å². The van der Waals surface area contributed by atoms with E-state index in [-0.39, 0.29) is 0 Å². The zero-order valence-electron chi connectivity index (χ0n) is 11.3. The summed E-state index contributed by atoms with van der Waals surface area (Å²) in [5.41, 5.74) is 1.30. The lowest BCUT2D eigenvalue weighted by molar-refractivity contribution is 0.123. The minimum Gasteiger partial charge on any atom is -0.387 e. The Morgan fingerprint density at radius 1 is 1.35 bits per heavy atom. The first-order valence-electron chi connectivity index (χ1n) is 6.18. The molecule has 2 aromatic rings. The third kappa shape index (κ3) is 3.82. The van der Waals surface area contributed by atoms with Gasteiger partial charge in [0.05, 0.1) is 16.8 Å². The second-order valence-corrected chi connectivity index (χ2v) is 5.81. The van der Waals surface area contributed by atoms with Crippen LogP contribution in [-0.4, -0.2) is 28.6 Å². The van der Waals surface area contributed by atoms with Gasteiger partial charge in [-0.1, -0.05) is 6.07 Å². The quantitative estimate of drug-likeness (QED) is 0.922. The summed E-state index contributed by atoms with van der Waals surface area (Å²) in [7, 11) is 1.85. The number of hydrogen-bond acceptors (Lipinski definition) is 4. The van der Waals surface area contributed by atoms with E-state index in [1.165, 1.54) is 6.07 Å². The lowest BCUT2D eigenvalue weighted by Crippen LogP contribution is -2.24. The largest absolute Gasteiger partial charge is 0.387 e. The van der Waals surface area contributed by atoms with Crippen molar-refractivity contribution in [2.75, 3.05) is 13.6 Å². The van der Waals surface area contributed by atoms with Crippen LogP contribution >= 0.6 is 11.3 Å². The molecule has 20 heavy (non-hydrogen) atoms. The Bertz CT molecular complexity index is 588. The number of aliphatic hydroxyl groups excluding tert-OH is 1. The van der Waals surface area contributed by atoms with Crippen molar-refractivity contribution in [1.82, 2.24) is 9.88 Å². The summed E-state index contributed by atoms with van der Waals surface area (Å²) < 4.78 is 26.0. The second kappa shape index (κ2) is 6.39. The molecule has 0 amide bonds. The number of aliphatic hydroxyl groups is 1. The van der Waals surface area contributed by atoms with Crippen LogP contribution in [0.5, 0.6) is 0 Å². The molecule has 1 atom stereocenters. The molecule has 1 N–H and O–H groups in total. The number of thiazole rings is 1. The van der Waals surface area contributed by atoms with Gasteiger partial charge in [0.25, 0.3) is 0 Å². The van der Waals surface area contributed by atoms with Gasteiger partial charge in [0.1, 0.15) is 0 Å². The Morgan fingerprint density at radius 3 is 2.70 bits per heavy atom. The van der Waals surface area contributed by atoms with Crippen LogP contribution in [-0.2, 0) is 6.54 Å². The van der Waals surface area contributed by atoms with Crippen molar-refractivity contribution in [3.63, 3.8) is 0 Å². The first kappa shape index (κ1) is 15.0. The highest BCUT2D eigenvalue weighted by molar-refractivity contribution is 7.09. The third-order valence-corrected chi connectivity index (χ3v) is 3.73. The summed E-state index contributed by atoms with van der Waals surface area (Å²) >= 11 is 1.57. The number of hydrogen-bond donors (Lipinski definition) is 1. The Balaban J connectivity index is 1.96. The van der Waals surface area contributed by atoms with Gasteiger partial charge < -0.3 is 5.11 Å². The summed E-state index contributed by atoms with van der Waals surface area (Å²) in [4.78, 5) is 6.23. The summed E-state index contributed by atoms with van der Waals surface area (Å²) in [5.74, 6) is -1.86. The fraction of sp³-hybridized carbons (Fsp3) is 0.357. The minimum absolute atomic E-state index is 0.321. The maximum absolute atomic E-state index is 13.1. The Labute approximate surface area is 120 Å². The van der Waals surface area contributed by atoms with Gasteiger partial charge in [-0.05, 0) is 31.7 Å². The van der Waals surface area contributed by atoms with Crippen molar-refractivity contribution in [1.29, 1.82) is 0 Å². The molecular weight excluding hydrogens is 282 g/mol. The Morgan fingerprint density at radius 2 is 2.10 bits per heavy atom. The highest BCUT2D eigenvalue weighted by Crippen LogP contribution is 2.18. The average molecular weight is 298 g/mol. The molecule has 1 aromatic heterocycles. The number of aromatic nitrogens is 1. The molecule has 2 rings (SSSR count). The van der Waals surface area contributed by atoms with Crippen LogP contribution in [0.1, 0.15) is 22.4 Å². The van der Waals surface area contributed by atoms with Crippen LogP contribution in [0.15, 0.2) is 23.6 Å². The second-order valence-electron chi connectivity index (χ2n) is 4.74. The molecule has 6 heteroatoms. The fourth-order valence-electron chi connectivity index (χ4n) is 1.94. The van der Waals surface area contributed by atoms with Crippen LogP contribution in [0.2, 0.25) is 0 Å². The van der Waals surface area contributed by atoms with E-state index in [2.05, 4.69) is 4.98 Å². The monoisotopic (exact) mass is 298 g/mol. The highest BCUT2D eigenvalue weighted by Gasteiger charge is 2.14. The van der Waals surface area contributed by atoms with E-state index in [4.69, 9.17) is 0 Å². The van der Waals surface area contributed by atoms with E-state index >= 15 is 0 Å². The molecule has 0 saturated heterocycles. The normalized spacial score (nSPS) is 12.9. The zero-order valence-corrected chi connectivity index (χ0v) is 12.1. The lowest BCUT2D eigenvalue weighted by Gasteiger charge is -2.20. The smallest absolute Gasteiger partial charge is 0.159 e. The number of benzene rings is 1. The van der Waals surface area contributed by atoms with E-state index in [1.807, 2.05) is 24.3 Å². The van der Waals surface area contributed by atoms with Gasteiger partial charge in [0.2, 0.25) is 0 Å². The van der Waals surface area contributed by atoms with Crippen molar-refractivity contribution in [3.05, 3.63) is 51.5 Å². The highest BCUT2D eigenvalue weighted by atomic mass is 32.1. The number of nitrogens with zero attached hydrogens (tertiary/aromatic N) is 2. The van der Waals surface area contributed by atoms with E-state index in [1.54, 1.807) is 11.3 Å². The van der Waals surface area contributed by atoms with Crippen molar-refractivity contribution in [2.45, 2.75) is 19.6 Å². The molecule has 0 spiro atoms. The molecule has 0 aliphatic carbocycles. The number of aryl methyl sites for hydroxylation is 1. The van der Waals surface area contributed by atoms with Crippen LogP contribution in [0.3, 0.4) is 0 Å². The summed E-state index contributed by atoms with van der Waals surface area (Å²) in [6, 6.07) is 3.45. The van der Waals surface area contributed by atoms with Crippen LogP contribution in [0.25, 0.3) is 0 Å². The van der Waals surface area contributed by atoms with Gasteiger partial charge >= 0.3 is 0 Å². The Hall–Kier alpha value is -1.37. The van der Waals surface area contributed by atoms with E-state index in [0.717, 1.165) is 22.8 Å². The van der Waals surface area contributed by atoms with Gasteiger partial charge in [-0.2, -0.15) is 0 Å². The Kier molecular flexibility index (Phi) is 4.80. The summed E-state index contributed by atoms with van der Waals surface area (Å²) in [6.45, 7) is 2.86. The van der Waals surface area contributed by atoms with Gasteiger partial charge in [-0.3, -0.25) is 4.90 Å². The molecular formula is C14H16F2N2OS. The SMILES string of the molecule is Cc1nc(CN(C)CC(O)c2ccc(F)c(F)c2)cs1. The molecule has 1 heterocycles. The summed E-state index contributed by atoms with van der Waals surface area (Å²) in [5, 5.41) is 13.0. The molecule has 3 nitrogen and oxygen atoms in total. The van der Waals surface area contributed by atoms with Gasteiger partial charge in [0.15, 0.2) is 11.6 Å². The van der Waals surface area contributed by atoms with Crippen LogP contribution in [0, 0.1) is 18.6 Å². The molecule has 108 valence electrons. The van der Waals surface area contributed by atoms with Gasteiger partial charge in [0, 0.05) is 18.5 Å². The molecule has 0 aliphatic rings. The zero-order chi connectivity index (χ0) is 14.7. The molecule has 0 bridgehead atoms. The molecule has 1 aromatic carbocycles. The van der Waals surface area contributed by atoms with Crippen molar-refractivity contribution in [3.8, 4) is 0 Å². The van der Waals surface area contributed by atoms with E-state index in [0.29, 0.717) is 18.7 Å². The third-order valence-electron chi connectivity index (χ3n) is 2.91. The van der Waals surface area contributed by atoms with Crippen LogP contribution < -0.4 is 0 Å². The fourth-order valence-corrected chi connectivity index (χ4v) is 2.55.